The van der Waals surface area contributed by atoms with Crippen LogP contribution in [0.1, 0.15) is 16.5 Å². The number of sulfone groups is 1. The molecule has 0 N–H and O–H groups in total. The number of hydrogen-bond donors (Lipinski definition) is 0. The molecule has 102 valence electrons. The zero-order valence-corrected chi connectivity index (χ0v) is 12.3. The topological polar surface area (TPSA) is 38.5 Å². The van der Waals surface area contributed by atoms with E-state index in [4.69, 9.17) is 18.2 Å². The molecular weight excluding hydrogens is 294 g/mol. The lowest BCUT2D eigenvalue weighted by atomic mass is 10.2. The molecule has 0 saturated carbocycles. The highest BCUT2D eigenvalue weighted by atomic mass is 35.5. The van der Waals surface area contributed by atoms with Crippen LogP contribution in [0.5, 0.6) is 0 Å². The molecular formula is C15H12ClNO2S. The van der Waals surface area contributed by atoms with Gasteiger partial charge >= 0.3 is 5.37 Å². The quantitative estimate of drug-likeness (QED) is 0.803. The smallest absolute Gasteiger partial charge is 0.291 e. The van der Waals surface area contributed by atoms with Crippen LogP contribution in [0.3, 0.4) is 0 Å². The molecule has 0 aliphatic carbocycles. The molecule has 0 saturated heterocycles. The van der Waals surface area contributed by atoms with Crippen LogP contribution in [-0.4, -0.2) is 8.42 Å². The zero-order valence-electron chi connectivity index (χ0n) is 10.7. The van der Waals surface area contributed by atoms with Crippen molar-refractivity contribution in [2.75, 3.05) is 0 Å². The summed E-state index contributed by atoms with van der Waals surface area (Å²) in [5, 5.41) is -0.743. The third-order valence-electron chi connectivity index (χ3n) is 2.92. The van der Waals surface area contributed by atoms with Crippen LogP contribution in [-0.2, 0) is 9.84 Å². The summed E-state index contributed by atoms with van der Waals surface area (Å²) in [6.07, 6.45) is 0. The minimum atomic E-state index is -3.73. The van der Waals surface area contributed by atoms with Gasteiger partial charge in [-0.05, 0) is 43.3 Å². The van der Waals surface area contributed by atoms with Crippen molar-refractivity contribution in [3.63, 3.8) is 0 Å². The van der Waals surface area contributed by atoms with Gasteiger partial charge in [-0.3, -0.25) is 4.85 Å². The Kier molecular flexibility index (Phi) is 4.12. The molecule has 0 heterocycles. The van der Waals surface area contributed by atoms with Crippen molar-refractivity contribution in [2.45, 2.75) is 17.2 Å². The highest BCUT2D eigenvalue weighted by molar-refractivity contribution is 7.91. The zero-order chi connectivity index (χ0) is 14.8. The van der Waals surface area contributed by atoms with Gasteiger partial charge in [-0.2, -0.15) is 0 Å². The molecule has 0 bridgehead atoms. The second-order valence-corrected chi connectivity index (χ2v) is 6.84. The third kappa shape index (κ3) is 2.84. The molecule has 0 aliphatic heterocycles. The van der Waals surface area contributed by atoms with E-state index in [1.807, 2.05) is 6.92 Å². The monoisotopic (exact) mass is 305 g/mol. The first-order valence-electron chi connectivity index (χ1n) is 5.88. The van der Waals surface area contributed by atoms with E-state index in [-0.39, 0.29) is 4.90 Å². The van der Waals surface area contributed by atoms with Crippen molar-refractivity contribution < 1.29 is 8.42 Å². The second-order valence-electron chi connectivity index (χ2n) is 4.39. The molecule has 3 nitrogen and oxygen atoms in total. The summed E-state index contributed by atoms with van der Waals surface area (Å²) in [5.74, 6) is 0. The summed E-state index contributed by atoms with van der Waals surface area (Å²) < 4.78 is 25.0. The molecule has 2 aromatic rings. The van der Waals surface area contributed by atoms with E-state index in [0.717, 1.165) is 5.56 Å². The van der Waals surface area contributed by atoms with E-state index >= 15 is 0 Å². The van der Waals surface area contributed by atoms with E-state index in [1.54, 1.807) is 36.4 Å². The summed E-state index contributed by atoms with van der Waals surface area (Å²) in [7, 11) is -3.73. The number of hydrogen-bond acceptors (Lipinski definition) is 2. The minimum absolute atomic E-state index is 0.152. The molecule has 0 spiro atoms. The molecule has 2 aromatic carbocycles. The summed E-state index contributed by atoms with van der Waals surface area (Å²) in [6, 6.07) is 12.8. The summed E-state index contributed by atoms with van der Waals surface area (Å²) in [5.41, 5.74) is 1.39. The maximum absolute atomic E-state index is 12.5. The molecule has 0 fully saturated rings. The van der Waals surface area contributed by atoms with Crippen LogP contribution in [0.15, 0.2) is 53.4 Å². The van der Waals surface area contributed by atoms with Crippen LogP contribution in [0.4, 0.5) is 0 Å². The third-order valence-corrected chi connectivity index (χ3v) is 5.06. The summed E-state index contributed by atoms with van der Waals surface area (Å²) in [4.78, 5) is 3.43. The highest BCUT2D eigenvalue weighted by Gasteiger charge is 2.34. The number of nitrogens with zero attached hydrogens (tertiary/aromatic N) is 1. The van der Waals surface area contributed by atoms with Crippen LogP contribution < -0.4 is 0 Å². The van der Waals surface area contributed by atoms with Crippen LogP contribution in [0.25, 0.3) is 4.85 Å². The lowest BCUT2D eigenvalue weighted by Gasteiger charge is -2.08. The van der Waals surface area contributed by atoms with E-state index in [2.05, 4.69) is 4.85 Å². The van der Waals surface area contributed by atoms with Gasteiger partial charge in [-0.15, -0.1) is 0 Å². The van der Waals surface area contributed by atoms with E-state index in [1.165, 1.54) is 12.1 Å². The first kappa shape index (κ1) is 14.6. The number of halogens is 1. The normalized spacial score (nSPS) is 12.7. The maximum atomic E-state index is 12.5. The Morgan fingerprint density at radius 1 is 1.05 bits per heavy atom. The van der Waals surface area contributed by atoms with E-state index in [0.29, 0.717) is 10.6 Å². The van der Waals surface area contributed by atoms with Gasteiger partial charge in [0.05, 0.1) is 10.5 Å². The van der Waals surface area contributed by atoms with Crippen molar-refractivity contribution >= 4 is 21.4 Å². The summed E-state index contributed by atoms with van der Waals surface area (Å²) >= 11 is 5.78. The van der Waals surface area contributed by atoms with Gasteiger partial charge in [-0.1, -0.05) is 29.3 Å². The van der Waals surface area contributed by atoms with Gasteiger partial charge in [0.2, 0.25) is 0 Å². The Morgan fingerprint density at radius 2 is 1.60 bits per heavy atom. The second kappa shape index (κ2) is 5.66. The van der Waals surface area contributed by atoms with E-state index in [9.17, 15) is 8.42 Å². The number of rotatable bonds is 3. The largest absolute Gasteiger partial charge is 0.350 e. The lowest BCUT2D eigenvalue weighted by Crippen LogP contribution is -2.10. The Bertz CT molecular complexity index is 744. The first-order valence-corrected chi connectivity index (χ1v) is 7.80. The summed E-state index contributed by atoms with van der Waals surface area (Å²) in [6.45, 7) is 9.09. The van der Waals surface area contributed by atoms with Crippen LogP contribution in [0.2, 0.25) is 5.02 Å². The fourth-order valence-electron chi connectivity index (χ4n) is 1.81. The molecule has 2 rings (SSSR count). The molecule has 0 unspecified atom stereocenters. The fourth-order valence-corrected chi connectivity index (χ4v) is 3.36. The van der Waals surface area contributed by atoms with Crippen LogP contribution >= 0.6 is 11.6 Å². The number of benzene rings is 2. The minimum Gasteiger partial charge on any atom is -0.291 e. The molecule has 5 heteroatoms. The molecule has 0 amide bonds. The van der Waals surface area contributed by atoms with E-state index < -0.39 is 15.2 Å². The van der Waals surface area contributed by atoms with Crippen molar-refractivity contribution in [3.8, 4) is 0 Å². The van der Waals surface area contributed by atoms with Gasteiger partial charge in [0.25, 0.3) is 9.84 Å². The Labute approximate surface area is 123 Å². The van der Waals surface area contributed by atoms with Gasteiger partial charge in [0.15, 0.2) is 0 Å². The van der Waals surface area contributed by atoms with Crippen molar-refractivity contribution in [1.82, 2.24) is 0 Å². The highest BCUT2D eigenvalue weighted by Crippen LogP contribution is 2.30. The number of aryl methyl sites for hydroxylation is 1. The predicted octanol–water partition coefficient (Wildman–Crippen LogP) is 4.04. The molecule has 0 aliphatic rings. The first-order chi connectivity index (χ1) is 9.45. The van der Waals surface area contributed by atoms with Crippen LogP contribution in [0, 0.1) is 13.5 Å². The fraction of sp³-hybridized carbons (Fsp3) is 0.133. The maximum Gasteiger partial charge on any atom is 0.350 e. The Balaban J connectivity index is 2.48. The van der Waals surface area contributed by atoms with Gasteiger partial charge in [0.1, 0.15) is 0 Å². The Morgan fingerprint density at radius 3 is 2.10 bits per heavy atom. The predicted molar refractivity (Wildman–Crippen MR) is 79.2 cm³/mol. The average Bonchev–Trinajstić information content (AvgIpc) is 2.42. The van der Waals surface area contributed by atoms with Crippen molar-refractivity contribution in [2.24, 2.45) is 0 Å². The van der Waals surface area contributed by atoms with Gasteiger partial charge in [0, 0.05) is 5.02 Å². The molecule has 20 heavy (non-hydrogen) atoms. The SMILES string of the molecule is [C-]#[N+][C@H](c1ccc(Cl)cc1)S(=O)(=O)c1ccc(C)cc1. The van der Waals surface area contributed by atoms with Crippen molar-refractivity contribution in [1.29, 1.82) is 0 Å². The van der Waals surface area contributed by atoms with Crippen molar-refractivity contribution in [3.05, 3.63) is 76.1 Å². The Hall–Kier alpha value is -1.83. The van der Waals surface area contributed by atoms with Gasteiger partial charge < -0.3 is 0 Å². The van der Waals surface area contributed by atoms with Gasteiger partial charge in [-0.25, -0.2) is 15.0 Å². The molecule has 0 aromatic heterocycles. The lowest BCUT2D eigenvalue weighted by molar-refractivity contribution is 0.590. The standard InChI is InChI=1S/C15H12ClNO2S/c1-11-3-9-14(10-4-11)20(18,19)15(17-2)12-5-7-13(16)8-6-12/h3-10,15H,1H3/t15-/m0/s1. The molecule has 0 radical (unpaired) electrons. The average molecular weight is 306 g/mol. The molecule has 1 atom stereocenters.